The first-order valence-corrected chi connectivity index (χ1v) is 11.8. The van der Waals surface area contributed by atoms with E-state index in [1.807, 2.05) is 19.2 Å². The Morgan fingerprint density at radius 2 is 1.88 bits per heavy atom. The van der Waals surface area contributed by atoms with Crippen LogP contribution in [0.1, 0.15) is 28.0 Å². The molecule has 2 heterocycles. The molecule has 0 atom stereocenters. The van der Waals surface area contributed by atoms with E-state index in [1.165, 1.54) is 42.5 Å². The minimum Gasteiger partial charge on any atom is -0.352 e. The fourth-order valence-corrected chi connectivity index (χ4v) is 4.46. The summed E-state index contributed by atoms with van der Waals surface area (Å²) in [6.45, 7) is 2.38. The molecule has 0 spiro atoms. The number of aryl methyl sites for hydroxylation is 2. The second-order valence-electron chi connectivity index (χ2n) is 7.52. The molecule has 0 bridgehead atoms. The van der Waals surface area contributed by atoms with Crippen LogP contribution < -0.4 is 10.0 Å². The summed E-state index contributed by atoms with van der Waals surface area (Å²) in [6, 6.07) is 13.0. The topological polar surface area (TPSA) is 105 Å². The van der Waals surface area contributed by atoms with E-state index in [2.05, 4.69) is 20.1 Å². The van der Waals surface area contributed by atoms with Gasteiger partial charge in [0.05, 0.1) is 5.69 Å². The summed E-state index contributed by atoms with van der Waals surface area (Å²) < 4.78 is 42.6. The number of halogens is 1. The van der Waals surface area contributed by atoms with Crippen LogP contribution in [0.2, 0.25) is 0 Å². The standard InChI is InChI=1S/C23H22FN5O3S/c1-16-13-22-26-14-17(15-29(22)27-16)5-4-12-25-23(30)18-8-10-19(11-9-18)28-33(31,32)21-7-3-2-6-20(21)24/h2-3,6-11,13-15,28H,4-5,12H2,1H3,(H,25,30). The van der Waals surface area contributed by atoms with E-state index in [0.29, 0.717) is 12.1 Å². The molecule has 4 rings (SSSR count). The van der Waals surface area contributed by atoms with E-state index >= 15 is 0 Å². The summed E-state index contributed by atoms with van der Waals surface area (Å²) >= 11 is 0. The highest BCUT2D eigenvalue weighted by atomic mass is 32.2. The van der Waals surface area contributed by atoms with Gasteiger partial charge in [-0.3, -0.25) is 9.52 Å². The van der Waals surface area contributed by atoms with Gasteiger partial charge >= 0.3 is 0 Å². The van der Waals surface area contributed by atoms with Gasteiger partial charge in [-0.25, -0.2) is 22.3 Å². The monoisotopic (exact) mass is 467 g/mol. The van der Waals surface area contributed by atoms with Gasteiger partial charge in [0, 0.05) is 36.3 Å². The molecule has 0 aliphatic rings. The average molecular weight is 468 g/mol. The van der Waals surface area contributed by atoms with Gasteiger partial charge in [0.1, 0.15) is 10.7 Å². The number of anilines is 1. The van der Waals surface area contributed by atoms with Crippen LogP contribution >= 0.6 is 0 Å². The fourth-order valence-electron chi connectivity index (χ4n) is 3.32. The molecule has 0 fully saturated rings. The number of sulfonamides is 1. The molecule has 0 radical (unpaired) electrons. The molecule has 2 aromatic heterocycles. The number of nitrogens with one attached hydrogen (secondary N) is 2. The molecular weight excluding hydrogens is 445 g/mol. The van der Waals surface area contributed by atoms with Gasteiger partial charge in [0.25, 0.3) is 15.9 Å². The quantitative estimate of drug-likeness (QED) is 0.387. The third kappa shape index (κ3) is 5.35. The number of benzene rings is 2. The molecule has 1 amide bonds. The van der Waals surface area contributed by atoms with E-state index in [9.17, 15) is 17.6 Å². The lowest BCUT2D eigenvalue weighted by atomic mass is 10.1. The summed E-state index contributed by atoms with van der Waals surface area (Å²) in [5.41, 5.74) is 3.33. The van der Waals surface area contributed by atoms with Crippen LogP contribution in [-0.4, -0.2) is 35.5 Å². The molecule has 2 aromatic carbocycles. The third-order valence-corrected chi connectivity index (χ3v) is 6.36. The van der Waals surface area contributed by atoms with Crippen LogP contribution in [0.25, 0.3) is 5.65 Å². The lowest BCUT2D eigenvalue weighted by Crippen LogP contribution is -2.24. The molecule has 4 aromatic rings. The van der Waals surface area contributed by atoms with Crippen molar-refractivity contribution in [2.75, 3.05) is 11.3 Å². The SMILES string of the molecule is Cc1cc2ncc(CCCNC(=O)c3ccc(NS(=O)(=O)c4ccccc4F)cc3)cn2n1. The molecule has 33 heavy (non-hydrogen) atoms. The maximum Gasteiger partial charge on any atom is 0.264 e. The highest BCUT2D eigenvalue weighted by Crippen LogP contribution is 2.19. The number of carbonyl (C=O) groups excluding carboxylic acids is 1. The molecule has 0 saturated carbocycles. The molecule has 2 N–H and O–H groups in total. The maximum absolute atomic E-state index is 13.8. The van der Waals surface area contributed by atoms with Gasteiger partial charge in [-0.2, -0.15) is 5.10 Å². The van der Waals surface area contributed by atoms with Gasteiger partial charge in [-0.1, -0.05) is 12.1 Å². The van der Waals surface area contributed by atoms with Crippen molar-refractivity contribution in [1.29, 1.82) is 0 Å². The predicted octanol–water partition coefficient (Wildman–Crippen LogP) is 3.34. The summed E-state index contributed by atoms with van der Waals surface area (Å²) in [7, 11) is -4.07. The number of nitrogens with zero attached hydrogens (tertiary/aromatic N) is 3. The van der Waals surface area contributed by atoms with E-state index in [0.717, 1.165) is 35.8 Å². The van der Waals surface area contributed by atoms with Crippen LogP contribution in [0.15, 0.2) is 71.9 Å². The van der Waals surface area contributed by atoms with Crippen molar-refractivity contribution in [3.05, 3.63) is 89.6 Å². The maximum atomic E-state index is 13.8. The second kappa shape index (κ2) is 9.37. The number of hydrogen-bond acceptors (Lipinski definition) is 5. The predicted molar refractivity (Wildman–Crippen MR) is 122 cm³/mol. The van der Waals surface area contributed by atoms with Gasteiger partial charge in [-0.15, -0.1) is 0 Å². The minimum atomic E-state index is -4.07. The summed E-state index contributed by atoms with van der Waals surface area (Å²) in [4.78, 5) is 16.3. The number of aromatic nitrogens is 3. The number of carbonyl (C=O) groups is 1. The average Bonchev–Trinajstić information content (AvgIpc) is 3.16. The molecular formula is C23H22FN5O3S. The van der Waals surface area contributed by atoms with Gasteiger partial charge in [-0.05, 0) is 61.7 Å². The Kier molecular flexibility index (Phi) is 6.36. The summed E-state index contributed by atoms with van der Waals surface area (Å²) in [5.74, 6) is -1.11. The Labute approximate surface area is 190 Å². The molecule has 0 aliphatic heterocycles. The lowest BCUT2D eigenvalue weighted by molar-refractivity contribution is 0.0953. The number of rotatable bonds is 8. The third-order valence-electron chi connectivity index (χ3n) is 4.94. The number of hydrogen-bond donors (Lipinski definition) is 2. The zero-order chi connectivity index (χ0) is 23.4. The first kappa shape index (κ1) is 22.4. The van der Waals surface area contributed by atoms with Gasteiger partial charge in [0.2, 0.25) is 0 Å². The zero-order valence-corrected chi connectivity index (χ0v) is 18.6. The van der Waals surface area contributed by atoms with Crippen LogP contribution in [0.4, 0.5) is 10.1 Å². The largest absolute Gasteiger partial charge is 0.352 e. The molecule has 0 aliphatic carbocycles. The van der Waals surface area contributed by atoms with E-state index in [-0.39, 0.29) is 11.6 Å². The smallest absolute Gasteiger partial charge is 0.264 e. The van der Waals surface area contributed by atoms with E-state index in [1.54, 1.807) is 10.7 Å². The Bertz CT molecular complexity index is 1400. The van der Waals surface area contributed by atoms with Crippen molar-refractivity contribution in [2.45, 2.75) is 24.7 Å². The second-order valence-corrected chi connectivity index (χ2v) is 9.17. The van der Waals surface area contributed by atoms with Crippen LogP contribution in [0.5, 0.6) is 0 Å². The van der Waals surface area contributed by atoms with Crippen LogP contribution in [0.3, 0.4) is 0 Å². The summed E-state index contributed by atoms with van der Waals surface area (Å²) in [6.07, 6.45) is 5.19. The Morgan fingerprint density at radius 3 is 2.64 bits per heavy atom. The van der Waals surface area contributed by atoms with E-state index in [4.69, 9.17) is 0 Å². The first-order chi connectivity index (χ1) is 15.8. The van der Waals surface area contributed by atoms with Crippen molar-refractivity contribution >= 4 is 27.3 Å². The van der Waals surface area contributed by atoms with Crippen LogP contribution in [-0.2, 0) is 16.4 Å². The van der Waals surface area contributed by atoms with Gasteiger partial charge in [0.15, 0.2) is 5.65 Å². The highest BCUT2D eigenvalue weighted by Gasteiger charge is 2.18. The first-order valence-electron chi connectivity index (χ1n) is 10.3. The van der Waals surface area contributed by atoms with Crippen molar-refractivity contribution in [3.8, 4) is 0 Å². The molecule has 0 saturated heterocycles. The number of fused-ring (bicyclic) bond motifs is 1. The normalized spacial score (nSPS) is 11.5. The summed E-state index contributed by atoms with van der Waals surface area (Å²) in [5, 5.41) is 7.19. The molecule has 8 nitrogen and oxygen atoms in total. The zero-order valence-electron chi connectivity index (χ0n) is 17.8. The Balaban J connectivity index is 1.29. The van der Waals surface area contributed by atoms with Crippen molar-refractivity contribution in [2.24, 2.45) is 0 Å². The van der Waals surface area contributed by atoms with Crippen molar-refractivity contribution in [1.82, 2.24) is 19.9 Å². The Hall–Kier alpha value is -3.79. The number of amides is 1. The fraction of sp³-hybridized carbons (Fsp3) is 0.174. The Morgan fingerprint density at radius 1 is 1.12 bits per heavy atom. The highest BCUT2D eigenvalue weighted by molar-refractivity contribution is 7.92. The lowest BCUT2D eigenvalue weighted by Gasteiger charge is -2.10. The van der Waals surface area contributed by atoms with Crippen molar-refractivity contribution < 1.29 is 17.6 Å². The minimum absolute atomic E-state index is 0.228. The van der Waals surface area contributed by atoms with E-state index < -0.39 is 20.7 Å². The molecule has 170 valence electrons. The van der Waals surface area contributed by atoms with Crippen LogP contribution in [0, 0.1) is 12.7 Å². The molecule has 0 unspecified atom stereocenters. The van der Waals surface area contributed by atoms with Gasteiger partial charge < -0.3 is 5.32 Å². The molecule has 10 heteroatoms. The van der Waals surface area contributed by atoms with Crippen molar-refractivity contribution in [3.63, 3.8) is 0 Å².